The monoisotopic (exact) mass is 490 g/mol. The number of carbonyl (C=O) groups is 1. The van der Waals surface area contributed by atoms with Crippen LogP contribution < -0.4 is 10.1 Å². The van der Waals surface area contributed by atoms with E-state index in [1.165, 1.54) is 5.56 Å². The van der Waals surface area contributed by atoms with Crippen LogP contribution in [-0.4, -0.2) is 47.3 Å². The highest BCUT2D eigenvalue weighted by atomic mass is 32.2. The van der Waals surface area contributed by atoms with Crippen LogP contribution in [0.15, 0.2) is 72.1 Å². The van der Waals surface area contributed by atoms with Gasteiger partial charge in [0.25, 0.3) is 5.91 Å². The Balaban J connectivity index is 1.46. The Hall–Kier alpha value is -3.36. The quantitative estimate of drug-likeness (QED) is 0.224. The summed E-state index contributed by atoms with van der Waals surface area (Å²) in [4.78, 5) is 21.6. The largest absolute Gasteiger partial charge is 0.497 e. The summed E-state index contributed by atoms with van der Waals surface area (Å²) in [7, 11) is 1.68. The molecule has 7 nitrogen and oxygen atoms in total. The number of pyridine rings is 1. The zero-order valence-corrected chi connectivity index (χ0v) is 20.9. The fraction of sp³-hybridized carbons (Fsp3) is 0.296. The van der Waals surface area contributed by atoms with Gasteiger partial charge in [0.1, 0.15) is 5.75 Å². The first-order valence-electron chi connectivity index (χ1n) is 11.7. The van der Waals surface area contributed by atoms with Gasteiger partial charge in [0, 0.05) is 37.3 Å². The molecule has 1 amide bonds. The van der Waals surface area contributed by atoms with Gasteiger partial charge in [-0.05, 0) is 54.8 Å². The molecule has 0 atom stereocenters. The second-order valence-electron chi connectivity index (χ2n) is 7.99. The van der Waals surface area contributed by atoms with Crippen molar-refractivity contribution in [2.75, 3.05) is 26.9 Å². The number of amides is 1. The fourth-order valence-electron chi connectivity index (χ4n) is 3.69. The number of benzene rings is 2. The Labute approximate surface area is 209 Å². The van der Waals surface area contributed by atoms with Gasteiger partial charge in [-0.2, -0.15) is 0 Å². The predicted octanol–water partition coefficient (Wildman–Crippen LogP) is 4.94. The molecule has 35 heavy (non-hydrogen) atoms. The van der Waals surface area contributed by atoms with Gasteiger partial charge in [-0.15, -0.1) is 0 Å². The van der Waals surface area contributed by atoms with Gasteiger partial charge < -0.3 is 19.4 Å². The maximum Gasteiger partial charge on any atom is 0.251 e. The SMILES string of the molecule is CCOCCCNC(=O)c1ccc(Cn2c(SCc3cccc(OC)c3)nc3ccncc32)cc1. The number of methoxy groups -OCH3 is 1. The lowest BCUT2D eigenvalue weighted by molar-refractivity contribution is 0.0944. The van der Waals surface area contributed by atoms with Crippen molar-refractivity contribution in [1.82, 2.24) is 19.9 Å². The highest BCUT2D eigenvalue weighted by Crippen LogP contribution is 2.28. The van der Waals surface area contributed by atoms with E-state index in [0.29, 0.717) is 31.9 Å². The molecule has 4 aromatic rings. The van der Waals surface area contributed by atoms with Crippen molar-refractivity contribution < 1.29 is 14.3 Å². The number of aromatic nitrogens is 3. The average Bonchev–Trinajstić information content (AvgIpc) is 3.25. The van der Waals surface area contributed by atoms with Crippen molar-refractivity contribution in [3.8, 4) is 5.75 Å². The molecule has 182 valence electrons. The molecule has 2 heterocycles. The molecule has 8 heteroatoms. The van der Waals surface area contributed by atoms with Crippen LogP contribution in [0.5, 0.6) is 5.75 Å². The minimum atomic E-state index is -0.0696. The van der Waals surface area contributed by atoms with E-state index in [-0.39, 0.29) is 5.91 Å². The Morgan fingerprint density at radius 1 is 1.11 bits per heavy atom. The van der Waals surface area contributed by atoms with E-state index in [4.69, 9.17) is 14.5 Å². The number of hydrogen-bond donors (Lipinski definition) is 1. The first-order valence-corrected chi connectivity index (χ1v) is 12.7. The summed E-state index contributed by atoms with van der Waals surface area (Å²) in [5.41, 5.74) is 4.80. The van der Waals surface area contributed by atoms with Gasteiger partial charge in [-0.25, -0.2) is 4.98 Å². The van der Waals surface area contributed by atoms with Crippen molar-refractivity contribution in [2.24, 2.45) is 0 Å². The first kappa shape index (κ1) is 24.8. The van der Waals surface area contributed by atoms with Gasteiger partial charge >= 0.3 is 0 Å². The van der Waals surface area contributed by atoms with Crippen LogP contribution in [0.4, 0.5) is 0 Å². The normalized spacial score (nSPS) is 11.0. The van der Waals surface area contributed by atoms with Crippen LogP contribution in [0.2, 0.25) is 0 Å². The molecule has 2 aromatic carbocycles. The number of carbonyl (C=O) groups excluding carboxylic acids is 1. The Kier molecular flexibility index (Phi) is 8.75. The lowest BCUT2D eigenvalue weighted by atomic mass is 10.1. The second kappa shape index (κ2) is 12.4. The summed E-state index contributed by atoms with van der Waals surface area (Å²) in [6, 6.07) is 17.7. The predicted molar refractivity (Wildman–Crippen MR) is 139 cm³/mol. The fourth-order valence-corrected chi connectivity index (χ4v) is 4.64. The highest BCUT2D eigenvalue weighted by molar-refractivity contribution is 7.98. The molecule has 0 bridgehead atoms. The average molecular weight is 491 g/mol. The van der Waals surface area contributed by atoms with Crippen LogP contribution in [0.25, 0.3) is 11.0 Å². The molecule has 0 unspecified atom stereocenters. The van der Waals surface area contributed by atoms with Crippen molar-refractivity contribution in [2.45, 2.75) is 30.8 Å². The van der Waals surface area contributed by atoms with Gasteiger partial charge in [-0.3, -0.25) is 9.78 Å². The van der Waals surface area contributed by atoms with E-state index in [2.05, 4.69) is 20.9 Å². The number of rotatable bonds is 12. The Bertz CT molecular complexity index is 1260. The number of nitrogens with one attached hydrogen (secondary N) is 1. The minimum absolute atomic E-state index is 0.0696. The molecular formula is C27H30N4O3S. The van der Waals surface area contributed by atoms with Crippen molar-refractivity contribution in [3.05, 3.63) is 83.7 Å². The van der Waals surface area contributed by atoms with Crippen LogP contribution in [0.1, 0.15) is 34.8 Å². The molecule has 0 aliphatic carbocycles. The zero-order valence-electron chi connectivity index (χ0n) is 20.1. The second-order valence-corrected chi connectivity index (χ2v) is 8.93. The minimum Gasteiger partial charge on any atom is -0.497 e. The van der Waals surface area contributed by atoms with Gasteiger partial charge in [0.05, 0.1) is 30.9 Å². The molecule has 0 spiro atoms. The van der Waals surface area contributed by atoms with E-state index in [1.54, 1.807) is 25.1 Å². The molecule has 4 rings (SSSR count). The smallest absolute Gasteiger partial charge is 0.251 e. The van der Waals surface area contributed by atoms with Crippen molar-refractivity contribution in [1.29, 1.82) is 0 Å². The van der Waals surface area contributed by atoms with Crippen LogP contribution in [0, 0.1) is 0 Å². The van der Waals surface area contributed by atoms with Gasteiger partial charge in [0.15, 0.2) is 5.16 Å². The number of ether oxygens (including phenoxy) is 2. The maximum atomic E-state index is 12.4. The molecule has 0 fully saturated rings. The molecule has 0 saturated heterocycles. The van der Waals surface area contributed by atoms with E-state index in [9.17, 15) is 4.79 Å². The number of fused-ring (bicyclic) bond motifs is 1. The van der Waals surface area contributed by atoms with Crippen LogP contribution in [0.3, 0.4) is 0 Å². The van der Waals surface area contributed by atoms with Crippen LogP contribution in [-0.2, 0) is 17.0 Å². The molecule has 2 aromatic heterocycles. The van der Waals surface area contributed by atoms with Crippen LogP contribution >= 0.6 is 11.8 Å². The van der Waals surface area contributed by atoms with E-state index < -0.39 is 0 Å². The number of imidazole rings is 1. The van der Waals surface area contributed by atoms with Gasteiger partial charge in [-0.1, -0.05) is 36.0 Å². The third-order valence-electron chi connectivity index (χ3n) is 5.53. The highest BCUT2D eigenvalue weighted by Gasteiger charge is 2.13. The number of hydrogen-bond acceptors (Lipinski definition) is 6. The van der Waals surface area contributed by atoms with Crippen molar-refractivity contribution in [3.63, 3.8) is 0 Å². The van der Waals surface area contributed by atoms with E-state index in [1.807, 2.05) is 61.7 Å². The third-order valence-corrected chi connectivity index (χ3v) is 6.58. The van der Waals surface area contributed by atoms with Gasteiger partial charge in [0.2, 0.25) is 0 Å². The number of nitrogens with zero attached hydrogens (tertiary/aromatic N) is 3. The summed E-state index contributed by atoms with van der Waals surface area (Å²) in [5.74, 6) is 1.55. The molecular weight excluding hydrogens is 460 g/mol. The Morgan fingerprint density at radius 2 is 1.97 bits per heavy atom. The number of thioether (sulfide) groups is 1. The first-order chi connectivity index (χ1) is 17.2. The Morgan fingerprint density at radius 3 is 2.77 bits per heavy atom. The molecule has 0 aliphatic rings. The maximum absolute atomic E-state index is 12.4. The molecule has 1 N–H and O–H groups in total. The van der Waals surface area contributed by atoms with Crippen molar-refractivity contribution >= 4 is 28.7 Å². The third kappa shape index (κ3) is 6.61. The summed E-state index contributed by atoms with van der Waals surface area (Å²) in [5, 5.41) is 3.87. The standard InChI is InChI=1S/C27H30N4O3S/c1-3-34-15-5-13-29-26(32)22-10-8-20(9-11-22)18-31-25-17-28-14-12-24(25)30-27(31)35-19-21-6-4-7-23(16-21)33-2/h4,6-12,14,16-17H,3,5,13,15,18-19H2,1-2H3,(H,29,32). The van der Waals surface area contributed by atoms with E-state index in [0.717, 1.165) is 39.7 Å². The molecule has 0 saturated carbocycles. The summed E-state index contributed by atoms with van der Waals surface area (Å²) in [6.45, 7) is 4.55. The molecule has 0 radical (unpaired) electrons. The lowest BCUT2D eigenvalue weighted by Gasteiger charge is -2.10. The summed E-state index contributed by atoms with van der Waals surface area (Å²) >= 11 is 1.68. The molecule has 0 aliphatic heterocycles. The zero-order chi connectivity index (χ0) is 24.5. The lowest BCUT2D eigenvalue weighted by Crippen LogP contribution is -2.25. The summed E-state index contributed by atoms with van der Waals surface area (Å²) in [6.07, 6.45) is 4.41. The topological polar surface area (TPSA) is 78.3 Å². The summed E-state index contributed by atoms with van der Waals surface area (Å²) < 4.78 is 12.8. The van der Waals surface area contributed by atoms with E-state index >= 15 is 0 Å².